The van der Waals surface area contributed by atoms with Gasteiger partial charge in [-0.1, -0.05) is 0 Å². The number of anilines is 2. The lowest BCUT2D eigenvalue weighted by Crippen LogP contribution is -2.49. The maximum Gasteiger partial charge on any atom is 0.167 e. The molecule has 0 aliphatic carbocycles. The van der Waals surface area contributed by atoms with Crippen molar-refractivity contribution in [2.24, 2.45) is 0 Å². The summed E-state index contributed by atoms with van der Waals surface area (Å²) < 4.78 is 19.0. The van der Waals surface area contributed by atoms with E-state index in [-0.39, 0.29) is 23.2 Å². The van der Waals surface area contributed by atoms with Crippen molar-refractivity contribution in [3.05, 3.63) is 17.9 Å². The first kappa shape index (κ1) is 16.5. The maximum atomic E-state index is 13.7. The lowest BCUT2D eigenvalue weighted by molar-refractivity contribution is 0.0834. The van der Waals surface area contributed by atoms with E-state index in [1.165, 1.54) is 6.07 Å². The van der Waals surface area contributed by atoms with Crippen LogP contribution in [-0.4, -0.2) is 46.8 Å². The average Bonchev–Trinajstić information content (AvgIpc) is 2.40. The molecule has 0 heterocycles. The molecule has 0 amide bonds. The SMILES string of the molecule is CC(C)Oc1cc(NC(CO)(CO)CO)c(N)cc1F. The van der Waals surface area contributed by atoms with Gasteiger partial charge in [0.2, 0.25) is 0 Å². The third-order valence-corrected chi connectivity index (χ3v) is 2.77. The molecule has 0 spiro atoms. The van der Waals surface area contributed by atoms with Gasteiger partial charge in [-0.25, -0.2) is 4.39 Å². The van der Waals surface area contributed by atoms with Gasteiger partial charge < -0.3 is 31.1 Å². The number of nitrogen functional groups attached to an aromatic ring is 1. The topological polar surface area (TPSA) is 108 Å². The predicted molar refractivity (Wildman–Crippen MR) is 74.2 cm³/mol. The molecule has 0 unspecified atom stereocenters. The molecule has 0 bridgehead atoms. The van der Waals surface area contributed by atoms with E-state index in [1.807, 2.05) is 0 Å². The lowest BCUT2D eigenvalue weighted by Gasteiger charge is -2.30. The molecule has 20 heavy (non-hydrogen) atoms. The average molecular weight is 288 g/mol. The molecule has 0 saturated carbocycles. The summed E-state index contributed by atoms with van der Waals surface area (Å²) in [6.45, 7) is 1.95. The summed E-state index contributed by atoms with van der Waals surface area (Å²) in [7, 11) is 0. The molecule has 1 aromatic carbocycles. The van der Waals surface area contributed by atoms with Crippen molar-refractivity contribution in [3.63, 3.8) is 0 Å². The number of hydrogen-bond acceptors (Lipinski definition) is 6. The number of aliphatic hydroxyl groups is 3. The van der Waals surface area contributed by atoms with Crippen molar-refractivity contribution in [2.45, 2.75) is 25.5 Å². The zero-order valence-corrected chi connectivity index (χ0v) is 11.6. The molecule has 0 aliphatic rings. The van der Waals surface area contributed by atoms with E-state index in [2.05, 4.69) is 5.32 Å². The van der Waals surface area contributed by atoms with Crippen molar-refractivity contribution in [1.29, 1.82) is 0 Å². The third kappa shape index (κ3) is 3.72. The highest BCUT2D eigenvalue weighted by Gasteiger charge is 2.29. The number of nitrogens with two attached hydrogens (primary N) is 1. The number of aliphatic hydroxyl groups excluding tert-OH is 3. The Hall–Kier alpha value is -1.57. The Morgan fingerprint density at radius 2 is 1.80 bits per heavy atom. The van der Waals surface area contributed by atoms with Crippen LogP contribution in [0.15, 0.2) is 12.1 Å². The zero-order chi connectivity index (χ0) is 15.3. The second-order valence-electron chi connectivity index (χ2n) is 4.92. The first-order valence-electron chi connectivity index (χ1n) is 6.24. The number of rotatable bonds is 7. The molecule has 0 aromatic heterocycles. The van der Waals surface area contributed by atoms with Gasteiger partial charge in [-0.2, -0.15) is 0 Å². The van der Waals surface area contributed by atoms with Gasteiger partial charge in [0.25, 0.3) is 0 Å². The largest absolute Gasteiger partial charge is 0.488 e. The summed E-state index contributed by atoms with van der Waals surface area (Å²) in [5, 5.41) is 30.5. The van der Waals surface area contributed by atoms with Crippen molar-refractivity contribution >= 4 is 11.4 Å². The molecule has 0 saturated heterocycles. The Morgan fingerprint density at radius 3 is 2.25 bits per heavy atom. The molecule has 114 valence electrons. The lowest BCUT2D eigenvalue weighted by atomic mass is 10.0. The molecule has 7 heteroatoms. The summed E-state index contributed by atoms with van der Waals surface area (Å²) in [6.07, 6.45) is -0.223. The summed E-state index contributed by atoms with van der Waals surface area (Å²) >= 11 is 0. The van der Waals surface area contributed by atoms with E-state index in [9.17, 15) is 19.7 Å². The third-order valence-electron chi connectivity index (χ3n) is 2.77. The van der Waals surface area contributed by atoms with Gasteiger partial charge in [-0.05, 0) is 13.8 Å². The number of benzene rings is 1. The van der Waals surface area contributed by atoms with Crippen molar-refractivity contribution < 1.29 is 24.4 Å². The van der Waals surface area contributed by atoms with Crippen LogP contribution in [0.1, 0.15) is 13.8 Å². The maximum absolute atomic E-state index is 13.7. The number of nitrogens with one attached hydrogen (secondary N) is 1. The van der Waals surface area contributed by atoms with Crippen LogP contribution in [-0.2, 0) is 0 Å². The molecule has 6 N–H and O–H groups in total. The number of ether oxygens (including phenoxy) is 1. The Morgan fingerprint density at radius 1 is 1.25 bits per heavy atom. The monoisotopic (exact) mass is 288 g/mol. The fourth-order valence-corrected chi connectivity index (χ4v) is 1.58. The van der Waals surface area contributed by atoms with Crippen LogP contribution in [0.4, 0.5) is 15.8 Å². The van der Waals surface area contributed by atoms with Gasteiger partial charge in [-0.15, -0.1) is 0 Å². The highest BCUT2D eigenvalue weighted by atomic mass is 19.1. The number of halogens is 1. The first-order valence-corrected chi connectivity index (χ1v) is 6.24. The van der Waals surface area contributed by atoms with E-state index < -0.39 is 31.2 Å². The molecule has 0 atom stereocenters. The molecule has 0 radical (unpaired) electrons. The summed E-state index contributed by atoms with van der Waals surface area (Å²) in [5.74, 6) is -0.608. The van der Waals surface area contributed by atoms with E-state index in [0.29, 0.717) is 0 Å². The van der Waals surface area contributed by atoms with Crippen LogP contribution in [0.25, 0.3) is 0 Å². The Kier molecular flexibility index (Phi) is 5.55. The number of hydrogen-bond donors (Lipinski definition) is 5. The van der Waals surface area contributed by atoms with Crippen LogP contribution in [0, 0.1) is 5.82 Å². The van der Waals surface area contributed by atoms with Gasteiger partial charge in [0.05, 0.1) is 37.3 Å². The Labute approximate surface area is 117 Å². The molecular formula is C13H21FN2O4. The van der Waals surface area contributed by atoms with Crippen LogP contribution in [0.3, 0.4) is 0 Å². The summed E-state index contributed by atoms with van der Waals surface area (Å²) in [4.78, 5) is 0. The minimum atomic E-state index is -1.35. The Balaban J connectivity index is 3.11. The molecular weight excluding hydrogens is 267 g/mol. The Bertz CT molecular complexity index is 442. The van der Waals surface area contributed by atoms with E-state index in [1.54, 1.807) is 13.8 Å². The first-order chi connectivity index (χ1) is 9.37. The van der Waals surface area contributed by atoms with Crippen LogP contribution >= 0.6 is 0 Å². The fourth-order valence-electron chi connectivity index (χ4n) is 1.58. The van der Waals surface area contributed by atoms with Crippen LogP contribution in [0.2, 0.25) is 0 Å². The standard InChI is InChI=1S/C13H21FN2O4/c1-8(2)20-12-4-11(10(15)3-9(12)14)16-13(5-17,6-18)7-19/h3-4,8,16-19H,5-7,15H2,1-2H3. The molecule has 0 aliphatic heterocycles. The minimum absolute atomic E-state index is 0.000538. The van der Waals surface area contributed by atoms with Crippen molar-refractivity contribution in [2.75, 3.05) is 30.9 Å². The zero-order valence-electron chi connectivity index (χ0n) is 11.6. The normalized spacial score (nSPS) is 11.8. The smallest absolute Gasteiger partial charge is 0.167 e. The molecule has 1 aromatic rings. The van der Waals surface area contributed by atoms with E-state index >= 15 is 0 Å². The van der Waals surface area contributed by atoms with E-state index in [0.717, 1.165) is 6.07 Å². The quantitative estimate of drug-likeness (QED) is 0.463. The van der Waals surface area contributed by atoms with E-state index in [4.69, 9.17) is 10.5 Å². The highest BCUT2D eigenvalue weighted by Crippen LogP contribution is 2.30. The molecule has 6 nitrogen and oxygen atoms in total. The highest BCUT2D eigenvalue weighted by molar-refractivity contribution is 5.69. The summed E-state index contributed by atoms with van der Waals surface area (Å²) in [6, 6.07) is 2.41. The molecule has 0 fully saturated rings. The van der Waals surface area contributed by atoms with Crippen molar-refractivity contribution in [1.82, 2.24) is 0 Å². The van der Waals surface area contributed by atoms with Gasteiger partial charge in [0, 0.05) is 12.1 Å². The van der Waals surface area contributed by atoms with Crippen LogP contribution in [0.5, 0.6) is 5.75 Å². The second kappa shape index (κ2) is 6.74. The minimum Gasteiger partial charge on any atom is -0.488 e. The van der Waals surface area contributed by atoms with Gasteiger partial charge in [0.1, 0.15) is 5.54 Å². The van der Waals surface area contributed by atoms with Crippen LogP contribution < -0.4 is 15.8 Å². The fraction of sp³-hybridized carbons (Fsp3) is 0.538. The van der Waals surface area contributed by atoms with Gasteiger partial charge in [0.15, 0.2) is 11.6 Å². The second-order valence-corrected chi connectivity index (χ2v) is 4.92. The summed E-state index contributed by atoms with van der Waals surface area (Å²) in [5.41, 5.74) is 4.69. The molecule has 1 rings (SSSR count). The van der Waals surface area contributed by atoms with Gasteiger partial charge in [-0.3, -0.25) is 0 Å². The van der Waals surface area contributed by atoms with Gasteiger partial charge >= 0.3 is 0 Å². The van der Waals surface area contributed by atoms with Crippen molar-refractivity contribution in [3.8, 4) is 5.75 Å². The predicted octanol–water partition coefficient (Wildman–Crippen LogP) is 0.323.